The average molecular weight is 345 g/mol. The van der Waals surface area contributed by atoms with E-state index in [1.807, 2.05) is 6.20 Å². The van der Waals surface area contributed by atoms with Crippen LogP contribution >= 0.6 is 0 Å². The number of H-pyrrole nitrogens is 1. The topological polar surface area (TPSA) is 91.1 Å². The largest absolute Gasteiger partial charge is 0.392 e. The maximum absolute atomic E-state index is 9.56. The molecular formula is C19H31N5O. The number of likely N-dealkylation sites (tertiary alicyclic amines) is 1. The Kier molecular flexibility index (Phi) is 6.26. The highest BCUT2D eigenvalue weighted by atomic mass is 16.3. The van der Waals surface area contributed by atoms with E-state index in [2.05, 4.69) is 21.8 Å². The molecule has 6 heteroatoms. The smallest absolute Gasteiger partial charge is 0.151 e. The van der Waals surface area contributed by atoms with Gasteiger partial charge in [-0.25, -0.2) is 9.97 Å². The minimum atomic E-state index is -0.113. The molecule has 1 fully saturated rings. The number of rotatable bonds is 9. The molecule has 0 bridgehead atoms. The van der Waals surface area contributed by atoms with Crippen molar-refractivity contribution >= 4 is 16.9 Å². The molecule has 3 heterocycles. The summed E-state index contributed by atoms with van der Waals surface area (Å²) in [6.45, 7) is 5.16. The normalized spacial score (nSPS) is 18.4. The van der Waals surface area contributed by atoms with Crippen molar-refractivity contribution in [2.45, 2.75) is 64.4 Å². The summed E-state index contributed by atoms with van der Waals surface area (Å²) in [5.41, 5.74) is 9.22. The van der Waals surface area contributed by atoms with Gasteiger partial charge in [-0.2, -0.15) is 0 Å². The van der Waals surface area contributed by atoms with E-state index in [4.69, 9.17) is 10.7 Å². The summed E-state index contributed by atoms with van der Waals surface area (Å²) in [5, 5.41) is 9.56. The molecule has 25 heavy (non-hydrogen) atoms. The molecule has 1 aliphatic heterocycles. The third-order valence-corrected chi connectivity index (χ3v) is 5.10. The van der Waals surface area contributed by atoms with Crippen LogP contribution in [0.5, 0.6) is 0 Å². The van der Waals surface area contributed by atoms with Gasteiger partial charge in [0, 0.05) is 25.7 Å². The van der Waals surface area contributed by atoms with E-state index in [1.54, 1.807) is 0 Å². The molecule has 1 atom stereocenters. The van der Waals surface area contributed by atoms with Gasteiger partial charge >= 0.3 is 0 Å². The predicted octanol–water partition coefficient (Wildman–Crippen LogP) is 2.66. The summed E-state index contributed by atoms with van der Waals surface area (Å²) in [6.07, 6.45) is 10.5. The lowest BCUT2D eigenvalue weighted by Gasteiger charge is -2.14. The Morgan fingerprint density at radius 3 is 2.88 bits per heavy atom. The van der Waals surface area contributed by atoms with E-state index < -0.39 is 0 Å². The van der Waals surface area contributed by atoms with Crippen LogP contribution in [0.1, 0.15) is 56.8 Å². The molecule has 0 amide bonds. The summed E-state index contributed by atoms with van der Waals surface area (Å²) in [6, 6.07) is 0. The zero-order valence-corrected chi connectivity index (χ0v) is 15.3. The quantitative estimate of drug-likeness (QED) is 0.608. The zero-order valence-electron chi connectivity index (χ0n) is 15.3. The van der Waals surface area contributed by atoms with Crippen LogP contribution in [-0.2, 0) is 12.8 Å². The van der Waals surface area contributed by atoms with Gasteiger partial charge in [0.1, 0.15) is 11.3 Å². The molecule has 1 saturated heterocycles. The number of nitrogens with two attached hydrogens (primary N) is 1. The summed E-state index contributed by atoms with van der Waals surface area (Å²) in [5.74, 6) is 1.43. The average Bonchev–Trinajstić information content (AvgIpc) is 3.19. The second kappa shape index (κ2) is 8.63. The molecule has 2 aromatic heterocycles. The minimum Gasteiger partial charge on any atom is -0.392 e. The zero-order chi connectivity index (χ0) is 17.6. The molecule has 0 unspecified atom stereocenters. The van der Waals surface area contributed by atoms with Gasteiger partial charge in [0.15, 0.2) is 5.82 Å². The van der Waals surface area contributed by atoms with Gasteiger partial charge < -0.3 is 20.7 Å². The van der Waals surface area contributed by atoms with Crippen LogP contribution in [0.4, 0.5) is 5.82 Å². The molecule has 0 aromatic carbocycles. The molecule has 6 nitrogen and oxygen atoms in total. The Morgan fingerprint density at radius 2 is 2.12 bits per heavy atom. The van der Waals surface area contributed by atoms with Crippen molar-refractivity contribution in [1.82, 2.24) is 19.9 Å². The predicted molar refractivity (Wildman–Crippen MR) is 102 cm³/mol. The first-order valence-electron chi connectivity index (χ1n) is 9.70. The molecule has 4 N–H and O–H groups in total. The van der Waals surface area contributed by atoms with Crippen molar-refractivity contribution < 1.29 is 5.11 Å². The molecule has 0 saturated carbocycles. The highest BCUT2D eigenvalue weighted by molar-refractivity contribution is 5.87. The summed E-state index contributed by atoms with van der Waals surface area (Å²) in [7, 11) is 0. The highest BCUT2D eigenvalue weighted by Gasteiger charge is 2.19. The Balaban J connectivity index is 1.51. The first-order chi connectivity index (χ1) is 12.2. The first kappa shape index (κ1) is 18.1. The van der Waals surface area contributed by atoms with Gasteiger partial charge in [-0.05, 0) is 44.2 Å². The van der Waals surface area contributed by atoms with Crippen molar-refractivity contribution in [3.8, 4) is 0 Å². The minimum absolute atomic E-state index is 0.113. The van der Waals surface area contributed by atoms with E-state index >= 15 is 0 Å². The van der Waals surface area contributed by atoms with Crippen LogP contribution < -0.4 is 5.73 Å². The van der Waals surface area contributed by atoms with Crippen molar-refractivity contribution in [2.75, 3.05) is 25.4 Å². The SMILES string of the molecule is CCCCc1nc(N)c2[nH]cc(CCCCCN3CC[C@H](O)C3)c2n1. The number of anilines is 1. The van der Waals surface area contributed by atoms with E-state index in [0.29, 0.717) is 5.82 Å². The van der Waals surface area contributed by atoms with Crippen molar-refractivity contribution in [3.63, 3.8) is 0 Å². The maximum atomic E-state index is 9.56. The van der Waals surface area contributed by atoms with Gasteiger partial charge in [-0.1, -0.05) is 19.8 Å². The number of aryl methyl sites for hydroxylation is 2. The maximum Gasteiger partial charge on any atom is 0.151 e. The van der Waals surface area contributed by atoms with Crippen LogP contribution in [0.2, 0.25) is 0 Å². The van der Waals surface area contributed by atoms with Gasteiger partial charge in [-0.15, -0.1) is 0 Å². The Hall–Kier alpha value is -1.66. The van der Waals surface area contributed by atoms with Crippen LogP contribution in [0.25, 0.3) is 11.0 Å². The lowest BCUT2D eigenvalue weighted by atomic mass is 10.1. The molecule has 0 spiro atoms. The van der Waals surface area contributed by atoms with Crippen molar-refractivity contribution in [3.05, 3.63) is 17.6 Å². The Bertz CT molecular complexity index is 684. The molecular weight excluding hydrogens is 314 g/mol. The Morgan fingerprint density at radius 1 is 1.24 bits per heavy atom. The van der Waals surface area contributed by atoms with Crippen molar-refractivity contribution in [1.29, 1.82) is 0 Å². The summed E-state index contributed by atoms with van der Waals surface area (Å²) < 4.78 is 0. The fourth-order valence-electron chi connectivity index (χ4n) is 3.61. The van der Waals surface area contributed by atoms with Gasteiger partial charge in [-0.3, -0.25) is 0 Å². The van der Waals surface area contributed by atoms with Crippen LogP contribution in [-0.4, -0.2) is 50.7 Å². The van der Waals surface area contributed by atoms with E-state index in [9.17, 15) is 5.11 Å². The third-order valence-electron chi connectivity index (χ3n) is 5.10. The number of aliphatic hydroxyl groups is 1. The fourth-order valence-corrected chi connectivity index (χ4v) is 3.61. The number of nitrogens with one attached hydrogen (secondary N) is 1. The third kappa shape index (κ3) is 4.70. The molecule has 2 aromatic rings. The number of fused-ring (bicyclic) bond motifs is 1. The number of aromatic nitrogens is 3. The lowest BCUT2D eigenvalue weighted by Crippen LogP contribution is -2.23. The van der Waals surface area contributed by atoms with Gasteiger partial charge in [0.2, 0.25) is 0 Å². The number of hydrogen-bond donors (Lipinski definition) is 3. The van der Waals surface area contributed by atoms with E-state index in [1.165, 1.54) is 18.4 Å². The molecule has 3 rings (SSSR count). The standard InChI is InChI=1S/C19H31N5O/c1-2-3-8-16-22-17-14(12-21-18(17)19(20)23-16)7-5-4-6-10-24-11-9-15(25)13-24/h12,15,21,25H,2-11,13H2,1H3,(H2,20,22,23)/t15-/m0/s1. The number of nitrogen functional groups attached to an aromatic ring is 1. The number of β-amino-alcohol motifs (C(OH)–C–C–N with tert-alkyl or cyclic N) is 1. The number of unbranched alkanes of at least 4 members (excludes halogenated alkanes) is 3. The molecule has 1 aliphatic rings. The second-order valence-corrected chi connectivity index (χ2v) is 7.22. The number of aromatic amines is 1. The van der Waals surface area contributed by atoms with E-state index in [0.717, 1.165) is 75.0 Å². The second-order valence-electron chi connectivity index (χ2n) is 7.22. The van der Waals surface area contributed by atoms with Crippen LogP contribution in [0, 0.1) is 0 Å². The van der Waals surface area contributed by atoms with Crippen molar-refractivity contribution in [2.24, 2.45) is 0 Å². The first-order valence-corrected chi connectivity index (χ1v) is 9.70. The van der Waals surface area contributed by atoms with Gasteiger partial charge in [0.05, 0.1) is 11.6 Å². The number of aliphatic hydroxyl groups excluding tert-OH is 1. The molecule has 0 radical (unpaired) electrons. The lowest BCUT2D eigenvalue weighted by molar-refractivity contribution is 0.175. The molecule has 138 valence electrons. The highest BCUT2D eigenvalue weighted by Crippen LogP contribution is 2.23. The van der Waals surface area contributed by atoms with Gasteiger partial charge in [0.25, 0.3) is 0 Å². The summed E-state index contributed by atoms with van der Waals surface area (Å²) in [4.78, 5) is 14.8. The molecule has 0 aliphatic carbocycles. The number of nitrogens with zero attached hydrogens (tertiary/aromatic N) is 3. The number of hydrogen-bond acceptors (Lipinski definition) is 5. The fraction of sp³-hybridized carbons (Fsp3) is 0.684. The Labute approximate surface area is 149 Å². The van der Waals surface area contributed by atoms with Crippen LogP contribution in [0.15, 0.2) is 6.20 Å². The van der Waals surface area contributed by atoms with E-state index in [-0.39, 0.29) is 6.10 Å². The monoisotopic (exact) mass is 345 g/mol. The van der Waals surface area contributed by atoms with Crippen LogP contribution in [0.3, 0.4) is 0 Å². The summed E-state index contributed by atoms with van der Waals surface area (Å²) >= 11 is 0.